The molecule has 0 atom stereocenters. The van der Waals surface area contributed by atoms with Crippen molar-refractivity contribution in [1.82, 2.24) is 4.98 Å². The quantitative estimate of drug-likeness (QED) is 0.784. The van der Waals surface area contributed by atoms with Gasteiger partial charge in [0.2, 0.25) is 0 Å². The molecule has 1 heterocycles. The summed E-state index contributed by atoms with van der Waals surface area (Å²) in [5, 5.41) is 2.84. The van der Waals surface area contributed by atoms with Crippen molar-refractivity contribution >= 4 is 11.6 Å². The second-order valence-electron chi connectivity index (χ2n) is 4.62. The van der Waals surface area contributed by atoms with E-state index in [1.165, 1.54) is 0 Å². The number of pyridine rings is 1. The van der Waals surface area contributed by atoms with Crippen molar-refractivity contribution in [3.05, 3.63) is 84.6 Å². The van der Waals surface area contributed by atoms with Gasteiger partial charge in [0.05, 0.1) is 17.6 Å². The van der Waals surface area contributed by atoms with Gasteiger partial charge in [-0.2, -0.15) is 0 Å². The molecule has 0 spiro atoms. The molecule has 102 valence electrons. The highest BCUT2D eigenvalue weighted by Gasteiger charge is 2.05. The summed E-state index contributed by atoms with van der Waals surface area (Å²) >= 11 is 0. The summed E-state index contributed by atoms with van der Waals surface area (Å²) in [6.07, 6.45) is 1.67. The molecule has 0 aliphatic heterocycles. The van der Waals surface area contributed by atoms with E-state index in [9.17, 15) is 4.79 Å². The zero-order valence-electron chi connectivity index (χ0n) is 11.4. The minimum absolute atomic E-state index is 0.134. The van der Waals surface area contributed by atoms with Gasteiger partial charge in [-0.15, -0.1) is 0 Å². The van der Waals surface area contributed by atoms with Crippen molar-refractivity contribution in [1.29, 1.82) is 0 Å². The largest absolute Gasteiger partial charge is 0.321 e. The molecular formula is C18H14N2O. The molecule has 3 heteroatoms. The first-order valence-corrected chi connectivity index (χ1v) is 6.71. The van der Waals surface area contributed by atoms with Crippen LogP contribution in [0.2, 0.25) is 0 Å². The van der Waals surface area contributed by atoms with E-state index in [0.717, 1.165) is 11.3 Å². The Labute approximate surface area is 123 Å². The molecule has 0 saturated heterocycles. The molecule has 1 amide bonds. The molecule has 0 aliphatic carbocycles. The summed E-state index contributed by atoms with van der Waals surface area (Å²) in [6, 6.07) is 22.8. The molecule has 1 N–H and O–H groups in total. The van der Waals surface area contributed by atoms with Gasteiger partial charge in [-0.1, -0.05) is 48.5 Å². The normalized spacial score (nSPS) is 10.1. The zero-order chi connectivity index (χ0) is 14.5. The molecule has 0 fully saturated rings. The summed E-state index contributed by atoms with van der Waals surface area (Å²) < 4.78 is 0. The van der Waals surface area contributed by atoms with E-state index < -0.39 is 0 Å². The minimum Gasteiger partial charge on any atom is -0.321 e. The Morgan fingerprint density at radius 3 is 2.10 bits per heavy atom. The van der Waals surface area contributed by atoms with Gasteiger partial charge in [-0.05, 0) is 24.3 Å². The predicted octanol–water partition coefficient (Wildman–Crippen LogP) is 4.00. The average molecular weight is 274 g/mol. The van der Waals surface area contributed by atoms with Crippen molar-refractivity contribution in [2.75, 3.05) is 5.32 Å². The Morgan fingerprint density at radius 2 is 1.48 bits per heavy atom. The van der Waals surface area contributed by atoms with E-state index in [4.69, 9.17) is 0 Å². The average Bonchev–Trinajstić information content (AvgIpc) is 2.57. The number of anilines is 1. The molecule has 0 bridgehead atoms. The van der Waals surface area contributed by atoms with Gasteiger partial charge >= 0.3 is 0 Å². The monoisotopic (exact) mass is 274 g/mol. The van der Waals surface area contributed by atoms with E-state index in [1.807, 2.05) is 60.7 Å². The van der Waals surface area contributed by atoms with E-state index in [-0.39, 0.29) is 5.91 Å². The molecule has 3 aromatic rings. The number of nitrogens with zero attached hydrogens (tertiary/aromatic N) is 1. The van der Waals surface area contributed by atoms with Crippen molar-refractivity contribution in [3.8, 4) is 11.3 Å². The third kappa shape index (κ3) is 3.15. The van der Waals surface area contributed by atoms with E-state index in [1.54, 1.807) is 18.3 Å². The van der Waals surface area contributed by atoms with Crippen LogP contribution in [0.15, 0.2) is 79.0 Å². The Bertz CT molecular complexity index is 722. The number of amides is 1. The second kappa shape index (κ2) is 6.01. The maximum atomic E-state index is 12.0. The van der Waals surface area contributed by atoms with Crippen molar-refractivity contribution in [2.24, 2.45) is 0 Å². The first kappa shape index (κ1) is 13.1. The second-order valence-corrected chi connectivity index (χ2v) is 4.62. The van der Waals surface area contributed by atoms with E-state index >= 15 is 0 Å². The first-order chi connectivity index (χ1) is 10.3. The van der Waals surface area contributed by atoms with Crippen molar-refractivity contribution < 1.29 is 4.79 Å². The Hall–Kier alpha value is -2.94. The third-order valence-electron chi connectivity index (χ3n) is 3.13. The van der Waals surface area contributed by atoms with Crippen LogP contribution in [0.4, 0.5) is 5.69 Å². The molecule has 1 aromatic heterocycles. The number of rotatable bonds is 3. The van der Waals surface area contributed by atoms with Gasteiger partial charge in [0.25, 0.3) is 5.91 Å². The Kier molecular flexibility index (Phi) is 3.74. The van der Waals surface area contributed by atoms with E-state index in [0.29, 0.717) is 11.3 Å². The third-order valence-corrected chi connectivity index (χ3v) is 3.13. The van der Waals surface area contributed by atoms with E-state index in [2.05, 4.69) is 10.3 Å². The van der Waals surface area contributed by atoms with Gasteiger partial charge in [0.15, 0.2) is 0 Å². The standard InChI is InChI=1S/C18H14N2O/c21-18(15-9-5-2-6-10-15)20-16-11-12-17(19-13-16)14-7-3-1-4-8-14/h1-13H,(H,20,21). The molecule has 3 rings (SSSR count). The maximum Gasteiger partial charge on any atom is 0.255 e. The van der Waals surface area contributed by atoms with Gasteiger partial charge in [0.1, 0.15) is 0 Å². The number of aromatic nitrogens is 1. The minimum atomic E-state index is -0.134. The molecule has 21 heavy (non-hydrogen) atoms. The Balaban J connectivity index is 1.75. The van der Waals surface area contributed by atoms with Gasteiger partial charge in [0, 0.05) is 11.1 Å². The number of nitrogens with one attached hydrogen (secondary N) is 1. The van der Waals surface area contributed by atoms with Gasteiger partial charge in [-0.3, -0.25) is 9.78 Å². The molecule has 0 radical (unpaired) electrons. The fourth-order valence-corrected chi connectivity index (χ4v) is 2.04. The van der Waals surface area contributed by atoms with Crippen LogP contribution in [0, 0.1) is 0 Å². The lowest BCUT2D eigenvalue weighted by atomic mass is 10.1. The Morgan fingerprint density at radius 1 is 0.810 bits per heavy atom. The molecule has 0 aliphatic rings. The smallest absolute Gasteiger partial charge is 0.255 e. The maximum absolute atomic E-state index is 12.0. The SMILES string of the molecule is O=C(Nc1ccc(-c2ccccc2)nc1)c1ccccc1. The van der Waals surface area contributed by atoms with Crippen LogP contribution < -0.4 is 5.32 Å². The van der Waals surface area contributed by atoms with Gasteiger partial charge in [-0.25, -0.2) is 0 Å². The summed E-state index contributed by atoms with van der Waals surface area (Å²) in [7, 11) is 0. The number of carbonyl (C=O) groups is 1. The van der Waals surface area contributed by atoms with Crippen molar-refractivity contribution in [3.63, 3.8) is 0 Å². The number of hydrogen-bond acceptors (Lipinski definition) is 2. The summed E-state index contributed by atoms with van der Waals surface area (Å²) in [4.78, 5) is 16.4. The first-order valence-electron chi connectivity index (χ1n) is 6.71. The van der Waals surface area contributed by atoms with Crippen LogP contribution in [-0.4, -0.2) is 10.9 Å². The predicted molar refractivity (Wildman–Crippen MR) is 84.1 cm³/mol. The topological polar surface area (TPSA) is 42.0 Å². The zero-order valence-corrected chi connectivity index (χ0v) is 11.4. The summed E-state index contributed by atoms with van der Waals surface area (Å²) in [6.45, 7) is 0. The van der Waals surface area contributed by atoms with Crippen LogP contribution in [0.3, 0.4) is 0 Å². The number of benzene rings is 2. The lowest BCUT2D eigenvalue weighted by Gasteiger charge is -2.06. The fourth-order valence-electron chi connectivity index (χ4n) is 2.04. The van der Waals surface area contributed by atoms with Crippen LogP contribution >= 0.6 is 0 Å². The van der Waals surface area contributed by atoms with Crippen LogP contribution in [0.1, 0.15) is 10.4 Å². The highest BCUT2D eigenvalue weighted by atomic mass is 16.1. The highest BCUT2D eigenvalue weighted by molar-refractivity contribution is 6.04. The number of hydrogen-bond donors (Lipinski definition) is 1. The summed E-state index contributed by atoms with van der Waals surface area (Å²) in [5.41, 5.74) is 3.25. The lowest BCUT2D eigenvalue weighted by molar-refractivity contribution is 0.102. The molecule has 2 aromatic carbocycles. The van der Waals surface area contributed by atoms with Crippen molar-refractivity contribution in [2.45, 2.75) is 0 Å². The number of carbonyl (C=O) groups excluding carboxylic acids is 1. The fraction of sp³-hybridized carbons (Fsp3) is 0. The van der Waals surface area contributed by atoms with Crippen LogP contribution in [-0.2, 0) is 0 Å². The molecule has 3 nitrogen and oxygen atoms in total. The molecular weight excluding hydrogens is 260 g/mol. The highest BCUT2D eigenvalue weighted by Crippen LogP contribution is 2.18. The van der Waals surface area contributed by atoms with Crippen LogP contribution in [0.5, 0.6) is 0 Å². The van der Waals surface area contributed by atoms with Gasteiger partial charge < -0.3 is 5.32 Å². The summed E-state index contributed by atoms with van der Waals surface area (Å²) in [5.74, 6) is -0.134. The lowest BCUT2D eigenvalue weighted by Crippen LogP contribution is -2.11. The van der Waals surface area contributed by atoms with Crippen LogP contribution in [0.25, 0.3) is 11.3 Å². The molecule has 0 saturated carbocycles. The molecule has 0 unspecified atom stereocenters.